The van der Waals surface area contributed by atoms with Gasteiger partial charge in [0.1, 0.15) is 11.3 Å². The summed E-state index contributed by atoms with van der Waals surface area (Å²) in [7, 11) is -1.37. The lowest BCUT2D eigenvalue weighted by molar-refractivity contribution is 0.359. The molecule has 0 radical (unpaired) electrons. The Balaban J connectivity index is 2.24. The molecule has 2 atom stereocenters. The lowest BCUT2D eigenvalue weighted by Gasteiger charge is -2.24. The van der Waals surface area contributed by atoms with Crippen LogP contribution in [0.15, 0.2) is 30.3 Å². The molecule has 82 valence electrons. The molecule has 1 aromatic carbocycles. The van der Waals surface area contributed by atoms with E-state index in [1.165, 1.54) is 5.56 Å². The molecule has 0 N–H and O–H groups in total. The van der Waals surface area contributed by atoms with Gasteiger partial charge in [0.25, 0.3) is 0 Å². The molecule has 1 nitrogen and oxygen atoms in total. The first kappa shape index (κ1) is 11.2. The molecule has 3 heteroatoms. The molecular weight excluding hydrogens is 224 g/mol. The molecule has 1 aromatic rings. The summed E-state index contributed by atoms with van der Waals surface area (Å²) in [6, 6.07) is 10.4. The Kier molecular flexibility index (Phi) is 2.69. The molecule has 0 aliphatic carbocycles. The Hall–Kier alpha value is -0.313. The average Bonchev–Trinajstić information content (AvgIpc) is 2.94. The first-order valence-electron chi connectivity index (χ1n) is 5.30. The summed E-state index contributed by atoms with van der Waals surface area (Å²) in [5.74, 6) is 0.613. The third-order valence-electron chi connectivity index (χ3n) is 3.26. The van der Waals surface area contributed by atoms with Crippen molar-refractivity contribution in [2.45, 2.75) is 31.0 Å². The highest BCUT2D eigenvalue weighted by Crippen LogP contribution is 2.55. The van der Waals surface area contributed by atoms with Gasteiger partial charge in [-0.05, 0) is 5.56 Å². The SMILES string of the molecule is C[Si](C)(C)C1(CCl)OC1c1ccccc1. The van der Waals surface area contributed by atoms with Gasteiger partial charge < -0.3 is 4.74 Å². The summed E-state index contributed by atoms with van der Waals surface area (Å²) in [6.45, 7) is 6.95. The van der Waals surface area contributed by atoms with Crippen LogP contribution in [-0.2, 0) is 4.74 Å². The van der Waals surface area contributed by atoms with Crippen LogP contribution in [0.2, 0.25) is 19.6 Å². The first-order valence-corrected chi connectivity index (χ1v) is 9.33. The van der Waals surface area contributed by atoms with Crippen LogP contribution in [0.1, 0.15) is 11.7 Å². The lowest BCUT2D eigenvalue weighted by Crippen LogP contribution is -2.44. The number of ether oxygens (including phenoxy) is 1. The summed E-state index contributed by atoms with van der Waals surface area (Å²) in [5, 5.41) is -0.0457. The first-order chi connectivity index (χ1) is 7.01. The second kappa shape index (κ2) is 3.61. The van der Waals surface area contributed by atoms with Crippen molar-refractivity contribution in [2.75, 3.05) is 5.88 Å². The minimum atomic E-state index is -1.37. The standard InChI is InChI=1S/C12H17ClOSi/c1-15(2,3)12(9-13)11(14-12)10-7-5-4-6-8-10/h4-8,11H,9H2,1-3H3. The highest BCUT2D eigenvalue weighted by Gasteiger charge is 2.64. The normalized spacial score (nSPS) is 30.3. The number of alkyl halides is 1. The number of benzene rings is 1. The Morgan fingerprint density at radius 2 is 1.87 bits per heavy atom. The van der Waals surface area contributed by atoms with Gasteiger partial charge in [-0.3, -0.25) is 0 Å². The van der Waals surface area contributed by atoms with Crippen molar-refractivity contribution < 1.29 is 4.74 Å². The van der Waals surface area contributed by atoms with E-state index in [0.29, 0.717) is 5.88 Å². The van der Waals surface area contributed by atoms with Gasteiger partial charge >= 0.3 is 0 Å². The van der Waals surface area contributed by atoms with E-state index in [-0.39, 0.29) is 11.3 Å². The van der Waals surface area contributed by atoms with Gasteiger partial charge in [-0.25, -0.2) is 0 Å². The van der Waals surface area contributed by atoms with Crippen LogP contribution < -0.4 is 0 Å². The molecule has 0 aromatic heterocycles. The third kappa shape index (κ3) is 1.75. The molecule has 0 saturated carbocycles. The fourth-order valence-corrected chi connectivity index (χ4v) is 5.24. The second-order valence-corrected chi connectivity index (χ2v) is 10.8. The van der Waals surface area contributed by atoms with Gasteiger partial charge in [-0.2, -0.15) is 0 Å². The molecule has 1 saturated heterocycles. The van der Waals surface area contributed by atoms with E-state index in [2.05, 4.69) is 43.9 Å². The van der Waals surface area contributed by atoms with Crippen LogP contribution in [0, 0.1) is 0 Å². The third-order valence-corrected chi connectivity index (χ3v) is 6.98. The van der Waals surface area contributed by atoms with Crippen LogP contribution >= 0.6 is 11.6 Å². The number of hydrogen-bond donors (Lipinski definition) is 0. The number of epoxide rings is 1. The van der Waals surface area contributed by atoms with Crippen molar-refractivity contribution in [3.63, 3.8) is 0 Å². The molecule has 2 unspecified atom stereocenters. The number of rotatable bonds is 3. The fourth-order valence-electron chi connectivity index (χ4n) is 2.01. The van der Waals surface area contributed by atoms with Crippen molar-refractivity contribution in [2.24, 2.45) is 0 Å². The minimum absolute atomic E-state index is 0.0457. The molecule has 1 aliphatic rings. The summed E-state index contributed by atoms with van der Waals surface area (Å²) >= 11 is 6.09. The van der Waals surface area contributed by atoms with Crippen molar-refractivity contribution in [3.05, 3.63) is 35.9 Å². The molecule has 2 rings (SSSR count). The molecule has 1 aliphatic heterocycles. The number of hydrogen-bond acceptors (Lipinski definition) is 1. The summed E-state index contributed by atoms with van der Waals surface area (Å²) in [6.07, 6.45) is 0.225. The van der Waals surface area contributed by atoms with Gasteiger partial charge in [0, 0.05) is 0 Å². The monoisotopic (exact) mass is 240 g/mol. The van der Waals surface area contributed by atoms with Gasteiger partial charge in [0.2, 0.25) is 0 Å². The van der Waals surface area contributed by atoms with Gasteiger partial charge in [0.05, 0.1) is 14.0 Å². The largest absolute Gasteiger partial charge is 0.364 e. The minimum Gasteiger partial charge on any atom is -0.364 e. The van der Waals surface area contributed by atoms with Crippen molar-refractivity contribution in [3.8, 4) is 0 Å². The van der Waals surface area contributed by atoms with E-state index < -0.39 is 8.07 Å². The highest BCUT2D eigenvalue weighted by molar-refractivity contribution is 6.80. The molecular formula is C12H17ClOSi. The van der Waals surface area contributed by atoms with Crippen LogP contribution in [0.4, 0.5) is 0 Å². The predicted octanol–water partition coefficient (Wildman–Crippen LogP) is 3.61. The van der Waals surface area contributed by atoms with E-state index in [0.717, 1.165) is 0 Å². The zero-order chi connectivity index (χ0) is 11.1. The smallest absolute Gasteiger partial charge is 0.110 e. The summed E-state index contributed by atoms with van der Waals surface area (Å²) in [4.78, 5) is 0. The zero-order valence-electron chi connectivity index (χ0n) is 9.46. The Bertz CT molecular complexity index is 346. The van der Waals surface area contributed by atoms with Crippen LogP contribution in [-0.4, -0.2) is 19.2 Å². The van der Waals surface area contributed by atoms with Gasteiger partial charge in [0.15, 0.2) is 0 Å². The van der Waals surface area contributed by atoms with E-state index in [1.54, 1.807) is 0 Å². The van der Waals surface area contributed by atoms with Crippen LogP contribution in [0.25, 0.3) is 0 Å². The van der Waals surface area contributed by atoms with E-state index >= 15 is 0 Å². The van der Waals surface area contributed by atoms with Gasteiger partial charge in [-0.1, -0.05) is 50.0 Å². The highest BCUT2D eigenvalue weighted by atomic mass is 35.5. The summed E-state index contributed by atoms with van der Waals surface area (Å²) < 4.78 is 5.93. The van der Waals surface area contributed by atoms with E-state index in [4.69, 9.17) is 16.3 Å². The topological polar surface area (TPSA) is 12.5 Å². The van der Waals surface area contributed by atoms with Crippen LogP contribution in [0.5, 0.6) is 0 Å². The fraction of sp³-hybridized carbons (Fsp3) is 0.500. The molecule has 0 bridgehead atoms. The molecule has 1 heterocycles. The maximum absolute atomic E-state index is 6.09. The zero-order valence-corrected chi connectivity index (χ0v) is 11.2. The maximum Gasteiger partial charge on any atom is 0.110 e. The summed E-state index contributed by atoms with van der Waals surface area (Å²) in [5.41, 5.74) is 1.26. The Labute approximate surface area is 97.4 Å². The molecule has 0 amide bonds. The molecule has 0 spiro atoms. The van der Waals surface area contributed by atoms with Crippen LogP contribution in [0.3, 0.4) is 0 Å². The van der Waals surface area contributed by atoms with E-state index in [9.17, 15) is 0 Å². The lowest BCUT2D eigenvalue weighted by atomic mass is 10.1. The van der Waals surface area contributed by atoms with E-state index in [1.807, 2.05) is 6.07 Å². The van der Waals surface area contributed by atoms with Crippen molar-refractivity contribution in [1.82, 2.24) is 0 Å². The Morgan fingerprint density at radius 1 is 1.27 bits per heavy atom. The average molecular weight is 241 g/mol. The number of halogens is 1. The maximum atomic E-state index is 6.09. The van der Waals surface area contributed by atoms with Crippen molar-refractivity contribution >= 4 is 19.7 Å². The second-order valence-electron chi connectivity index (χ2n) is 5.18. The van der Waals surface area contributed by atoms with Gasteiger partial charge in [-0.15, -0.1) is 11.6 Å². The molecule has 15 heavy (non-hydrogen) atoms. The molecule has 1 fully saturated rings. The Morgan fingerprint density at radius 3 is 2.27 bits per heavy atom. The quantitative estimate of drug-likeness (QED) is 0.447. The van der Waals surface area contributed by atoms with Crippen molar-refractivity contribution in [1.29, 1.82) is 0 Å². The predicted molar refractivity (Wildman–Crippen MR) is 67.1 cm³/mol.